The van der Waals surface area contributed by atoms with Gasteiger partial charge in [-0.15, -0.1) is 0 Å². The molecule has 0 atom stereocenters. The lowest BCUT2D eigenvalue weighted by atomic mass is 9.98. The molecule has 1 aromatic rings. The first kappa shape index (κ1) is 15.1. The van der Waals surface area contributed by atoms with Gasteiger partial charge in [0.05, 0.1) is 11.1 Å². The van der Waals surface area contributed by atoms with Crippen molar-refractivity contribution in [3.63, 3.8) is 0 Å². The van der Waals surface area contributed by atoms with Crippen LogP contribution in [0.1, 0.15) is 52.5 Å². The highest BCUT2D eigenvalue weighted by molar-refractivity contribution is 5.94. The molecule has 19 heavy (non-hydrogen) atoms. The molecule has 6 nitrogen and oxygen atoms in total. The molecular formula is C13H18N2O4. The SMILES string of the molecule is CCCCCc1cc(C(=O)ON)ccc1C(=O)ON. The first-order valence-corrected chi connectivity index (χ1v) is 6.09. The Labute approximate surface area is 111 Å². The summed E-state index contributed by atoms with van der Waals surface area (Å²) in [5.41, 5.74) is 1.35. The Bertz CT molecular complexity index is 460. The standard InChI is InChI=1S/C13H18N2O4/c1-2-3-4-5-9-8-10(12(16)18-14)6-7-11(9)13(17)19-15/h6-8H,2-5,14-15H2,1H3. The molecule has 104 valence electrons. The first-order chi connectivity index (χ1) is 9.13. The van der Waals surface area contributed by atoms with Gasteiger partial charge in [0.1, 0.15) is 0 Å². The van der Waals surface area contributed by atoms with Crippen LogP contribution in [0.15, 0.2) is 18.2 Å². The zero-order valence-electron chi connectivity index (χ0n) is 10.8. The molecule has 0 aromatic heterocycles. The van der Waals surface area contributed by atoms with Gasteiger partial charge in [-0.1, -0.05) is 19.8 Å². The van der Waals surface area contributed by atoms with Crippen LogP contribution in [0.3, 0.4) is 0 Å². The highest BCUT2D eigenvalue weighted by atomic mass is 16.7. The molecule has 1 aromatic carbocycles. The number of unbranched alkanes of at least 4 members (excludes halogenated alkanes) is 2. The third kappa shape index (κ3) is 4.04. The minimum atomic E-state index is -0.649. The highest BCUT2D eigenvalue weighted by Gasteiger charge is 2.15. The molecule has 0 aliphatic carbocycles. The maximum absolute atomic E-state index is 11.5. The molecule has 0 radical (unpaired) electrons. The Morgan fingerprint density at radius 2 is 1.79 bits per heavy atom. The second-order valence-corrected chi connectivity index (χ2v) is 4.14. The van der Waals surface area contributed by atoms with E-state index in [0.717, 1.165) is 19.3 Å². The summed E-state index contributed by atoms with van der Waals surface area (Å²) in [6.45, 7) is 2.08. The van der Waals surface area contributed by atoms with Gasteiger partial charge in [-0.25, -0.2) is 9.59 Å². The Morgan fingerprint density at radius 3 is 2.37 bits per heavy atom. The molecule has 0 aliphatic rings. The fourth-order valence-corrected chi connectivity index (χ4v) is 1.82. The van der Waals surface area contributed by atoms with Gasteiger partial charge in [-0.05, 0) is 36.6 Å². The summed E-state index contributed by atoms with van der Waals surface area (Å²) < 4.78 is 0. The number of hydrogen-bond donors (Lipinski definition) is 2. The number of carbonyl (C=O) groups is 2. The highest BCUT2D eigenvalue weighted by Crippen LogP contribution is 2.17. The molecular weight excluding hydrogens is 248 g/mol. The number of aryl methyl sites for hydroxylation is 1. The monoisotopic (exact) mass is 266 g/mol. The summed E-state index contributed by atoms with van der Waals surface area (Å²) in [7, 11) is 0. The minimum Gasteiger partial charge on any atom is -0.370 e. The fraction of sp³-hybridized carbons (Fsp3) is 0.385. The lowest BCUT2D eigenvalue weighted by Crippen LogP contribution is -2.15. The van der Waals surface area contributed by atoms with E-state index in [1.807, 2.05) is 0 Å². The van der Waals surface area contributed by atoms with E-state index in [2.05, 4.69) is 16.6 Å². The zero-order chi connectivity index (χ0) is 14.3. The minimum absolute atomic E-state index is 0.294. The summed E-state index contributed by atoms with van der Waals surface area (Å²) in [5, 5.41) is 0. The smallest absolute Gasteiger partial charge is 0.356 e. The molecule has 6 heteroatoms. The van der Waals surface area contributed by atoms with Crippen LogP contribution in [0, 0.1) is 0 Å². The van der Waals surface area contributed by atoms with Crippen molar-refractivity contribution in [3.05, 3.63) is 34.9 Å². The summed E-state index contributed by atoms with van der Waals surface area (Å²) >= 11 is 0. The Balaban J connectivity index is 3.03. The quantitative estimate of drug-likeness (QED) is 0.597. The van der Waals surface area contributed by atoms with Gasteiger partial charge in [-0.2, -0.15) is 11.8 Å². The number of benzene rings is 1. The Kier molecular flexibility index (Phi) is 5.98. The Hall–Kier alpha value is -1.92. The van der Waals surface area contributed by atoms with Crippen molar-refractivity contribution in [2.75, 3.05) is 0 Å². The van der Waals surface area contributed by atoms with Crippen LogP contribution in [0.5, 0.6) is 0 Å². The first-order valence-electron chi connectivity index (χ1n) is 6.09. The molecule has 1 rings (SSSR count). The van der Waals surface area contributed by atoms with Gasteiger partial charge >= 0.3 is 11.9 Å². The van der Waals surface area contributed by atoms with E-state index in [4.69, 9.17) is 11.8 Å². The average Bonchev–Trinajstić information content (AvgIpc) is 2.45. The molecule has 0 aliphatic heterocycles. The second-order valence-electron chi connectivity index (χ2n) is 4.14. The van der Waals surface area contributed by atoms with Crippen molar-refractivity contribution < 1.29 is 19.3 Å². The summed E-state index contributed by atoms with van der Waals surface area (Å²) in [6.07, 6.45) is 3.65. The number of nitrogens with two attached hydrogens (primary N) is 2. The summed E-state index contributed by atoms with van der Waals surface area (Å²) in [5.74, 6) is 8.45. The molecule has 0 heterocycles. The van der Waals surface area contributed by atoms with Crippen LogP contribution >= 0.6 is 0 Å². The number of hydrogen-bond acceptors (Lipinski definition) is 6. The molecule has 0 spiro atoms. The van der Waals surface area contributed by atoms with Gasteiger partial charge in [-0.3, -0.25) is 0 Å². The van der Waals surface area contributed by atoms with Crippen molar-refractivity contribution in [3.8, 4) is 0 Å². The normalized spacial score (nSPS) is 10.1. The van der Waals surface area contributed by atoms with E-state index in [1.165, 1.54) is 12.1 Å². The van der Waals surface area contributed by atoms with Crippen LogP contribution in [0.25, 0.3) is 0 Å². The van der Waals surface area contributed by atoms with E-state index < -0.39 is 11.9 Å². The molecule has 0 saturated heterocycles. The van der Waals surface area contributed by atoms with Crippen LogP contribution in [-0.4, -0.2) is 11.9 Å². The number of rotatable bonds is 6. The second kappa shape index (κ2) is 7.50. The summed E-state index contributed by atoms with van der Waals surface area (Å²) in [4.78, 5) is 31.3. The Morgan fingerprint density at radius 1 is 1.11 bits per heavy atom. The van der Waals surface area contributed by atoms with Gasteiger partial charge in [0.2, 0.25) is 0 Å². The summed E-state index contributed by atoms with van der Waals surface area (Å²) in [6, 6.07) is 4.52. The van der Waals surface area contributed by atoms with Crippen molar-refractivity contribution in [1.29, 1.82) is 0 Å². The van der Waals surface area contributed by atoms with Crippen LogP contribution in [0.4, 0.5) is 0 Å². The third-order valence-corrected chi connectivity index (χ3v) is 2.82. The number of carbonyl (C=O) groups excluding carboxylic acids is 2. The van der Waals surface area contributed by atoms with Crippen molar-refractivity contribution in [2.45, 2.75) is 32.6 Å². The van der Waals surface area contributed by atoms with E-state index in [9.17, 15) is 9.59 Å². The van der Waals surface area contributed by atoms with Crippen LogP contribution < -0.4 is 11.8 Å². The molecule has 0 saturated carbocycles. The van der Waals surface area contributed by atoms with Gasteiger partial charge < -0.3 is 9.68 Å². The van der Waals surface area contributed by atoms with Gasteiger partial charge in [0.25, 0.3) is 0 Å². The zero-order valence-corrected chi connectivity index (χ0v) is 10.8. The van der Waals surface area contributed by atoms with Crippen molar-refractivity contribution in [2.24, 2.45) is 11.8 Å². The van der Waals surface area contributed by atoms with E-state index in [1.54, 1.807) is 6.07 Å². The van der Waals surface area contributed by atoms with E-state index in [0.29, 0.717) is 23.1 Å². The molecule has 4 N–H and O–H groups in total. The lowest BCUT2D eigenvalue weighted by molar-refractivity contribution is 0.0488. The molecule has 0 fully saturated rings. The average molecular weight is 266 g/mol. The van der Waals surface area contributed by atoms with Gasteiger partial charge in [0, 0.05) is 0 Å². The molecule has 0 bridgehead atoms. The topological polar surface area (TPSA) is 105 Å². The molecule has 0 amide bonds. The molecule has 0 unspecified atom stereocenters. The van der Waals surface area contributed by atoms with E-state index in [-0.39, 0.29) is 0 Å². The van der Waals surface area contributed by atoms with E-state index >= 15 is 0 Å². The predicted octanol–water partition coefficient (Wildman–Crippen LogP) is 1.48. The maximum atomic E-state index is 11.5. The lowest BCUT2D eigenvalue weighted by Gasteiger charge is -2.09. The predicted molar refractivity (Wildman–Crippen MR) is 68.9 cm³/mol. The largest absolute Gasteiger partial charge is 0.370 e. The maximum Gasteiger partial charge on any atom is 0.356 e. The van der Waals surface area contributed by atoms with Crippen LogP contribution in [0.2, 0.25) is 0 Å². The van der Waals surface area contributed by atoms with Crippen LogP contribution in [-0.2, 0) is 16.1 Å². The van der Waals surface area contributed by atoms with Crippen molar-refractivity contribution >= 4 is 11.9 Å². The van der Waals surface area contributed by atoms with Crippen molar-refractivity contribution in [1.82, 2.24) is 0 Å². The third-order valence-electron chi connectivity index (χ3n) is 2.82. The van der Waals surface area contributed by atoms with Gasteiger partial charge in [0.15, 0.2) is 0 Å². The fourth-order valence-electron chi connectivity index (χ4n) is 1.82.